The third-order valence-electron chi connectivity index (χ3n) is 3.89. The van der Waals surface area contributed by atoms with E-state index in [4.69, 9.17) is 16.3 Å². The van der Waals surface area contributed by atoms with Crippen molar-refractivity contribution >= 4 is 22.9 Å². The first kappa shape index (κ1) is 14.9. The van der Waals surface area contributed by atoms with Gasteiger partial charge in [0.15, 0.2) is 0 Å². The van der Waals surface area contributed by atoms with Crippen molar-refractivity contribution in [2.45, 2.75) is 32.2 Å². The van der Waals surface area contributed by atoms with Gasteiger partial charge in [-0.05, 0) is 43.9 Å². The number of nitrogens with one attached hydrogen (secondary N) is 1. The van der Waals surface area contributed by atoms with E-state index in [-0.39, 0.29) is 0 Å². The number of halogens is 1. The first-order valence-corrected chi connectivity index (χ1v) is 8.63. The molecule has 112 valence electrons. The maximum Gasteiger partial charge on any atom is 0.126 e. The Hall–Kier alpha value is -1.03. The lowest BCUT2D eigenvalue weighted by Gasteiger charge is -2.19. The molecule has 0 aliphatic carbocycles. The van der Waals surface area contributed by atoms with Crippen LogP contribution in [0.4, 0.5) is 0 Å². The molecule has 0 radical (unpaired) electrons. The smallest absolute Gasteiger partial charge is 0.126 e. The number of fused-ring (bicyclic) bond motifs is 1. The molecule has 2 aromatic rings. The van der Waals surface area contributed by atoms with Crippen molar-refractivity contribution in [3.63, 3.8) is 0 Å². The fourth-order valence-electron chi connectivity index (χ4n) is 2.83. The second kappa shape index (κ2) is 6.82. The van der Waals surface area contributed by atoms with Gasteiger partial charge in [0.1, 0.15) is 5.75 Å². The zero-order valence-electron chi connectivity index (χ0n) is 12.2. The average Bonchev–Trinajstić information content (AvgIpc) is 2.77. The molecule has 0 amide bonds. The summed E-state index contributed by atoms with van der Waals surface area (Å²) >= 11 is 7.64. The quantitative estimate of drug-likeness (QED) is 0.877. The summed E-state index contributed by atoms with van der Waals surface area (Å²) in [5, 5.41) is 3.69. The van der Waals surface area contributed by atoms with Gasteiger partial charge < -0.3 is 10.1 Å². The zero-order valence-corrected chi connectivity index (χ0v) is 13.8. The Morgan fingerprint density at radius 3 is 3.05 bits per heavy atom. The summed E-state index contributed by atoms with van der Waals surface area (Å²) in [5.41, 5.74) is 2.53. The minimum Gasteiger partial charge on any atom is -0.493 e. The Labute approximate surface area is 135 Å². The Balaban J connectivity index is 1.66. The number of thiophene rings is 1. The Kier molecular flexibility index (Phi) is 4.84. The topological polar surface area (TPSA) is 21.3 Å². The lowest BCUT2D eigenvalue weighted by atomic mass is 10.00. The highest BCUT2D eigenvalue weighted by molar-refractivity contribution is 7.16. The standard InChI is InChI=1S/C17H20ClNOS/c1-12-4-2-5-14-15(6-3-11-20-17(12)14)19-10-9-13-7-8-16(18)21-13/h2,4-5,7-8,15,19H,3,6,9-11H2,1H3. The minimum atomic E-state index is 0.387. The number of hydrogen-bond donors (Lipinski definition) is 1. The Bertz CT molecular complexity index is 611. The highest BCUT2D eigenvalue weighted by atomic mass is 35.5. The second-order valence-corrected chi connectivity index (χ2v) is 7.25. The van der Waals surface area contributed by atoms with Crippen LogP contribution in [-0.4, -0.2) is 13.2 Å². The summed E-state index contributed by atoms with van der Waals surface area (Å²) in [6, 6.07) is 10.9. The van der Waals surface area contributed by atoms with Crippen molar-refractivity contribution in [1.82, 2.24) is 5.32 Å². The fourth-order valence-corrected chi connectivity index (χ4v) is 3.92. The highest BCUT2D eigenvalue weighted by Crippen LogP contribution is 2.34. The van der Waals surface area contributed by atoms with Crippen LogP contribution in [0.2, 0.25) is 4.34 Å². The van der Waals surface area contributed by atoms with Crippen LogP contribution in [0.15, 0.2) is 30.3 Å². The van der Waals surface area contributed by atoms with Crippen LogP contribution in [0, 0.1) is 6.92 Å². The first-order chi connectivity index (χ1) is 10.2. The van der Waals surface area contributed by atoms with Crippen molar-refractivity contribution in [3.8, 4) is 5.75 Å². The van der Waals surface area contributed by atoms with Crippen molar-refractivity contribution < 1.29 is 4.74 Å². The predicted molar refractivity (Wildman–Crippen MR) is 89.7 cm³/mol. The van der Waals surface area contributed by atoms with Gasteiger partial charge >= 0.3 is 0 Å². The van der Waals surface area contributed by atoms with Gasteiger partial charge in [-0.25, -0.2) is 0 Å². The molecule has 0 saturated heterocycles. The lowest BCUT2D eigenvalue weighted by Crippen LogP contribution is -2.23. The van der Waals surface area contributed by atoms with Crippen LogP contribution >= 0.6 is 22.9 Å². The van der Waals surface area contributed by atoms with E-state index in [1.165, 1.54) is 16.0 Å². The molecular weight excluding hydrogens is 302 g/mol. The third kappa shape index (κ3) is 3.60. The molecule has 1 unspecified atom stereocenters. The van der Waals surface area contributed by atoms with Crippen LogP contribution in [0.25, 0.3) is 0 Å². The number of benzene rings is 1. The van der Waals surface area contributed by atoms with Crippen LogP contribution in [0.1, 0.15) is 34.9 Å². The van der Waals surface area contributed by atoms with E-state index < -0.39 is 0 Å². The monoisotopic (exact) mass is 321 g/mol. The number of hydrogen-bond acceptors (Lipinski definition) is 3. The van der Waals surface area contributed by atoms with Crippen molar-refractivity contribution in [2.75, 3.05) is 13.2 Å². The molecule has 2 heterocycles. The molecule has 0 bridgehead atoms. The van der Waals surface area contributed by atoms with Gasteiger partial charge in [-0.15, -0.1) is 11.3 Å². The van der Waals surface area contributed by atoms with Crippen LogP contribution in [0.5, 0.6) is 5.75 Å². The zero-order chi connectivity index (χ0) is 14.7. The molecule has 21 heavy (non-hydrogen) atoms. The van der Waals surface area contributed by atoms with E-state index in [1.54, 1.807) is 11.3 Å². The number of para-hydroxylation sites is 1. The van der Waals surface area contributed by atoms with Crippen molar-refractivity contribution in [3.05, 3.63) is 50.7 Å². The summed E-state index contributed by atoms with van der Waals surface area (Å²) in [5.74, 6) is 1.08. The Morgan fingerprint density at radius 1 is 1.33 bits per heavy atom. The molecule has 3 rings (SSSR count). The molecule has 1 N–H and O–H groups in total. The molecule has 0 saturated carbocycles. The average molecular weight is 322 g/mol. The summed E-state index contributed by atoms with van der Waals surface area (Å²) < 4.78 is 6.79. The van der Waals surface area contributed by atoms with Gasteiger partial charge in [-0.1, -0.05) is 29.8 Å². The van der Waals surface area contributed by atoms with E-state index in [2.05, 4.69) is 36.5 Å². The molecule has 4 heteroatoms. The lowest BCUT2D eigenvalue weighted by molar-refractivity contribution is 0.313. The molecule has 0 spiro atoms. The minimum absolute atomic E-state index is 0.387. The maximum atomic E-state index is 5.98. The van der Waals surface area contributed by atoms with Gasteiger partial charge in [0.2, 0.25) is 0 Å². The summed E-state index contributed by atoms with van der Waals surface area (Å²) in [7, 11) is 0. The maximum absolute atomic E-state index is 5.98. The molecule has 2 nitrogen and oxygen atoms in total. The van der Waals surface area contributed by atoms with Gasteiger partial charge in [0.25, 0.3) is 0 Å². The van der Waals surface area contributed by atoms with Gasteiger partial charge in [-0.3, -0.25) is 0 Å². The molecule has 1 aromatic heterocycles. The molecule has 1 aromatic carbocycles. The number of ether oxygens (including phenoxy) is 1. The summed E-state index contributed by atoms with van der Waals surface area (Å²) in [6.45, 7) is 3.90. The van der Waals surface area contributed by atoms with Crippen molar-refractivity contribution in [1.29, 1.82) is 0 Å². The van der Waals surface area contributed by atoms with E-state index in [1.807, 2.05) is 6.07 Å². The molecule has 0 fully saturated rings. The molecular formula is C17H20ClNOS. The van der Waals surface area contributed by atoms with Gasteiger partial charge in [0.05, 0.1) is 10.9 Å². The van der Waals surface area contributed by atoms with Crippen LogP contribution < -0.4 is 10.1 Å². The summed E-state index contributed by atoms with van der Waals surface area (Å²) in [6.07, 6.45) is 3.24. The predicted octanol–water partition coefficient (Wildman–Crippen LogP) is 4.76. The molecule has 1 aliphatic rings. The van der Waals surface area contributed by atoms with Crippen molar-refractivity contribution in [2.24, 2.45) is 0 Å². The van der Waals surface area contributed by atoms with Gasteiger partial charge in [0, 0.05) is 23.0 Å². The number of rotatable bonds is 4. The van der Waals surface area contributed by atoms with Crippen LogP contribution in [-0.2, 0) is 6.42 Å². The second-order valence-electron chi connectivity index (χ2n) is 5.45. The van der Waals surface area contributed by atoms with E-state index >= 15 is 0 Å². The van der Waals surface area contributed by atoms with E-state index in [0.29, 0.717) is 6.04 Å². The highest BCUT2D eigenvalue weighted by Gasteiger charge is 2.20. The molecule has 1 atom stereocenters. The largest absolute Gasteiger partial charge is 0.493 e. The SMILES string of the molecule is Cc1cccc2c1OCCCC2NCCc1ccc(Cl)s1. The molecule has 1 aliphatic heterocycles. The van der Waals surface area contributed by atoms with E-state index in [0.717, 1.165) is 42.5 Å². The normalized spacial score (nSPS) is 17.9. The first-order valence-electron chi connectivity index (χ1n) is 7.44. The Morgan fingerprint density at radius 2 is 2.24 bits per heavy atom. The van der Waals surface area contributed by atoms with Gasteiger partial charge in [-0.2, -0.15) is 0 Å². The van der Waals surface area contributed by atoms with E-state index in [9.17, 15) is 0 Å². The third-order valence-corrected chi connectivity index (χ3v) is 5.18. The van der Waals surface area contributed by atoms with Crippen LogP contribution in [0.3, 0.4) is 0 Å². The summed E-state index contributed by atoms with van der Waals surface area (Å²) in [4.78, 5) is 1.34. The number of aryl methyl sites for hydroxylation is 1. The fraction of sp³-hybridized carbons (Fsp3) is 0.412.